The first-order chi connectivity index (χ1) is 11.0. The Morgan fingerprint density at radius 3 is 2.35 bits per heavy atom. The van der Waals surface area contributed by atoms with Gasteiger partial charge in [0.05, 0.1) is 13.2 Å². The molecule has 0 aromatic heterocycles. The molecular formula is C16H23O6P. The number of carbonyl (C=O) groups is 1. The highest BCUT2D eigenvalue weighted by Crippen LogP contribution is 2.50. The summed E-state index contributed by atoms with van der Waals surface area (Å²) >= 11 is 0. The molecule has 0 aliphatic carbocycles. The summed E-state index contributed by atoms with van der Waals surface area (Å²) < 4.78 is 32.9. The molecule has 0 N–H and O–H groups in total. The second-order valence-corrected chi connectivity index (χ2v) is 6.12. The zero-order chi connectivity index (χ0) is 17.1. The summed E-state index contributed by atoms with van der Waals surface area (Å²) in [4.78, 5) is 12.2. The largest absolute Gasteiger partial charge is 0.475 e. The fourth-order valence-electron chi connectivity index (χ4n) is 1.73. The molecule has 1 atom stereocenters. The maximum Gasteiger partial charge on any atom is 0.475 e. The molecule has 23 heavy (non-hydrogen) atoms. The predicted octanol–water partition coefficient (Wildman–Crippen LogP) is 3.87. The van der Waals surface area contributed by atoms with Crippen LogP contribution in [0.1, 0.15) is 25.8 Å². The van der Waals surface area contributed by atoms with Gasteiger partial charge in [-0.3, -0.25) is 13.6 Å². The van der Waals surface area contributed by atoms with E-state index < -0.39 is 19.9 Å². The second kappa shape index (κ2) is 10.3. The Balaban J connectivity index is 2.69. The van der Waals surface area contributed by atoms with E-state index in [-0.39, 0.29) is 26.2 Å². The number of carbonyl (C=O) groups excluding carboxylic acids is 1. The molecule has 0 bridgehead atoms. The SMILES string of the molecule is C=CCC(OP(=O)(OCC)OCC)C(=O)OCc1ccccc1. The van der Waals surface area contributed by atoms with E-state index in [4.69, 9.17) is 18.3 Å². The molecule has 1 aromatic rings. The maximum atomic E-state index is 12.4. The van der Waals surface area contributed by atoms with Crippen LogP contribution in [0.25, 0.3) is 0 Å². The highest BCUT2D eigenvalue weighted by molar-refractivity contribution is 7.48. The maximum absolute atomic E-state index is 12.4. The molecular weight excluding hydrogens is 319 g/mol. The van der Waals surface area contributed by atoms with Gasteiger partial charge in [-0.2, -0.15) is 0 Å². The topological polar surface area (TPSA) is 71.1 Å². The van der Waals surface area contributed by atoms with Gasteiger partial charge < -0.3 is 4.74 Å². The summed E-state index contributed by atoms with van der Waals surface area (Å²) in [6.07, 6.45) is 0.522. The smallest absolute Gasteiger partial charge is 0.459 e. The number of ether oxygens (including phenoxy) is 1. The van der Waals surface area contributed by atoms with Crippen molar-refractivity contribution in [3.8, 4) is 0 Å². The number of esters is 1. The fraction of sp³-hybridized carbons (Fsp3) is 0.438. The normalized spacial score (nSPS) is 12.6. The van der Waals surface area contributed by atoms with E-state index in [2.05, 4.69) is 6.58 Å². The number of benzene rings is 1. The lowest BCUT2D eigenvalue weighted by Crippen LogP contribution is -2.26. The number of rotatable bonds is 11. The first-order valence-electron chi connectivity index (χ1n) is 7.43. The molecule has 128 valence electrons. The average Bonchev–Trinajstić information content (AvgIpc) is 2.53. The van der Waals surface area contributed by atoms with E-state index in [9.17, 15) is 9.36 Å². The number of phosphoric acid groups is 1. The van der Waals surface area contributed by atoms with Crippen molar-refractivity contribution in [3.05, 3.63) is 48.6 Å². The van der Waals surface area contributed by atoms with Gasteiger partial charge in [0.15, 0.2) is 6.10 Å². The molecule has 0 amide bonds. The van der Waals surface area contributed by atoms with Crippen LogP contribution in [0.5, 0.6) is 0 Å². The van der Waals surface area contributed by atoms with Crippen molar-refractivity contribution < 1.29 is 27.7 Å². The zero-order valence-electron chi connectivity index (χ0n) is 13.5. The molecule has 0 aliphatic heterocycles. The zero-order valence-corrected chi connectivity index (χ0v) is 14.4. The van der Waals surface area contributed by atoms with Gasteiger partial charge in [-0.05, 0) is 19.4 Å². The molecule has 1 aromatic carbocycles. The highest BCUT2D eigenvalue weighted by atomic mass is 31.2. The summed E-state index contributed by atoms with van der Waals surface area (Å²) in [5.74, 6) is -0.645. The number of hydrogen-bond donors (Lipinski definition) is 0. The van der Waals surface area contributed by atoms with Gasteiger partial charge >= 0.3 is 13.8 Å². The minimum atomic E-state index is -3.80. The third-order valence-electron chi connectivity index (χ3n) is 2.70. The molecule has 0 radical (unpaired) electrons. The minimum absolute atomic E-state index is 0.101. The third kappa shape index (κ3) is 7.10. The van der Waals surface area contributed by atoms with Crippen LogP contribution in [0.4, 0.5) is 0 Å². The van der Waals surface area contributed by atoms with Gasteiger partial charge in [-0.1, -0.05) is 36.4 Å². The molecule has 0 heterocycles. The van der Waals surface area contributed by atoms with Gasteiger partial charge in [0.25, 0.3) is 0 Å². The van der Waals surface area contributed by atoms with Crippen molar-refractivity contribution >= 4 is 13.8 Å². The van der Waals surface area contributed by atoms with Crippen LogP contribution >= 0.6 is 7.82 Å². The van der Waals surface area contributed by atoms with Crippen molar-refractivity contribution in [1.29, 1.82) is 0 Å². The van der Waals surface area contributed by atoms with E-state index in [1.807, 2.05) is 30.3 Å². The van der Waals surface area contributed by atoms with Gasteiger partial charge in [0.1, 0.15) is 6.61 Å². The summed E-state index contributed by atoms with van der Waals surface area (Å²) in [5, 5.41) is 0. The number of hydrogen-bond acceptors (Lipinski definition) is 6. The Kier molecular flexibility index (Phi) is 8.81. The first-order valence-corrected chi connectivity index (χ1v) is 8.89. The first kappa shape index (κ1) is 19.6. The van der Waals surface area contributed by atoms with Crippen LogP contribution in [0.2, 0.25) is 0 Å². The summed E-state index contributed by atoms with van der Waals surface area (Å²) in [7, 11) is -3.80. The Morgan fingerprint density at radius 1 is 1.22 bits per heavy atom. The molecule has 1 rings (SSSR count). The lowest BCUT2D eigenvalue weighted by atomic mass is 10.2. The van der Waals surface area contributed by atoms with Gasteiger partial charge in [-0.15, -0.1) is 6.58 Å². The van der Waals surface area contributed by atoms with E-state index >= 15 is 0 Å². The van der Waals surface area contributed by atoms with Crippen molar-refractivity contribution in [2.45, 2.75) is 33.0 Å². The van der Waals surface area contributed by atoms with Crippen LogP contribution < -0.4 is 0 Å². The lowest BCUT2D eigenvalue weighted by Gasteiger charge is -2.21. The molecule has 0 aliphatic rings. The molecule has 0 saturated carbocycles. The predicted molar refractivity (Wildman–Crippen MR) is 86.8 cm³/mol. The summed E-state index contributed by atoms with van der Waals surface area (Å²) in [5.41, 5.74) is 0.844. The van der Waals surface area contributed by atoms with E-state index in [0.29, 0.717) is 0 Å². The molecule has 6 nitrogen and oxygen atoms in total. The lowest BCUT2D eigenvalue weighted by molar-refractivity contribution is -0.154. The van der Waals surface area contributed by atoms with Crippen molar-refractivity contribution in [2.75, 3.05) is 13.2 Å². The van der Waals surface area contributed by atoms with Crippen molar-refractivity contribution in [2.24, 2.45) is 0 Å². The monoisotopic (exact) mass is 342 g/mol. The average molecular weight is 342 g/mol. The molecule has 0 spiro atoms. The summed E-state index contributed by atoms with van der Waals surface area (Å²) in [6, 6.07) is 9.23. The van der Waals surface area contributed by atoms with Crippen LogP contribution in [0, 0.1) is 0 Å². The number of phosphoric ester groups is 1. The van der Waals surface area contributed by atoms with E-state index in [0.717, 1.165) is 5.56 Å². The Morgan fingerprint density at radius 2 is 1.83 bits per heavy atom. The van der Waals surface area contributed by atoms with Gasteiger partial charge in [-0.25, -0.2) is 9.36 Å². The Hall–Kier alpha value is -1.46. The van der Waals surface area contributed by atoms with Gasteiger partial charge in [0, 0.05) is 6.42 Å². The minimum Gasteiger partial charge on any atom is -0.459 e. The van der Waals surface area contributed by atoms with E-state index in [1.54, 1.807) is 13.8 Å². The second-order valence-electron chi connectivity index (χ2n) is 4.49. The molecule has 7 heteroatoms. The van der Waals surface area contributed by atoms with Crippen LogP contribution in [0.15, 0.2) is 43.0 Å². The van der Waals surface area contributed by atoms with Gasteiger partial charge in [0.2, 0.25) is 0 Å². The Labute approximate surface area is 137 Å². The Bertz CT molecular complexity index is 521. The quantitative estimate of drug-likeness (QED) is 0.345. The summed E-state index contributed by atoms with van der Waals surface area (Å²) in [6.45, 7) is 7.25. The molecule has 0 saturated heterocycles. The highest BCUT2D eigenvalue weighted by Gasteiger charge is 2.34. The van der Waals surface area contributed by atoms with Crippen molar-refractivity contribution in [1.82, 2.24) is 0 Å². The molecule has 1 unspecified atom stereocenters. The molecule has 0 fully saturated rings. The fourth-order valence-corrected chi connectivity index (χ4v) is 3.04. The standard InChI is InChI=1S/C16H23O6P/c1-4-10-15(22-23(18,20-5-2)21-6-3)16(17)19-13-14-11-8-7-9-12-14/h4,7-9,11-12,15H,1,5-6,10,13H2,2-3H3. The van der Waals surface area contributed by atoms with E-state index in [1.165, 1.54) is 6.08 Å². The van der Waals surface area contributed by atoms with Crippen LogP contribution in [0.3, 0.4) is 0 Å². The van der Waals surface area contributed by atoms with Crippen molar-refractivity contribution in [3.63, 3.8) is 0 Å². The third-order valence-corrected chi connectivity index (χ3v) is 4.36. The van der Waals surface area contributed by atoms with Crippen LogP contribution in [-0.2, 0) is 34.3 Å². The van der Waals surface area contributed by atoms with Crippen LogP contribution in [-0.4, -0.2) is 25.3 Å².